The van der Waals surface area contributed by atoms with Gasteiger partial charge in [0.25, 0.3) is 0 Å². The summed E-state index contributed by atoms with van der Waals surface area (Å²) in [5.74, 6) is 0. The van der Waals surface area contributed by atoms with Crippen LogP contribution >= 0.6 is 12.6 Å². The van der Waals surface area contributed by atoms with E-state index in [2.05, 4.69) is 12.6 Å². The third kappa shape index (κ3) is 2.11. The van der Waals surface area contributed by atoms with E-state index in [4.69, 9.17) is 11.5 Å². The first-order chi connectivity index (χ1) is 2.81. The van der Waals surface area contributed by atoms with E-state index in [1.165, 1.54) is 6.20 Å². The van der Waals surface area contributed by atoms with Crippen LogP contribution in [0.3, 0.4) is 0 Å². The van der Waals surface area contributed by atoms with Crippen molar-refractivity contribution in [3.8, 4) is 0 Å². The Morgan fingerprint density at radius 2 is 2.33 bits per heavy atom. The molecule has 0 amide bonds. The fourth-order valence-electron chi connectivity index (χ4n) is 0.0680. The molecule has 3 heteroatoms. The summed E-state index contributed by atoms with van der Waals surface area (Å²) >= 11 is 3.84. The third-order valence-corrected chi connectivity index (χ3v) is 0.733. The van der Waals surface area contributed by atoms with Gasteiger partial charge in [0.15, 0.2) is 0 Å². The average molecular weight is 104 g/mol. The monoisotopic (exact) mass is 104 g/mol. The number of rotatable bonds is 1. The van der Waals surface area contributed by atoms with Crippen LogP contribution in [0.4, 0.5) is 0 Å². The van der Waals surface area contributed by atoms with Crippen LogP contribution in [-0.4, -0.2) is 6.54 Å². The molecule has 0 spiro atoms. The summed E-state index contributed by atoms with van der Waals surface area (Å²) in [6, 6.07) is 0. The zero-order valence-electron chi connectivity index (χ0n) is 3.39. The number of thiol groups is 1. The lowest BCUT2D eigenvalue weighted by Gasteiger charge is -1.84. The van der Waals surface area contributed by atoms with Gasteiger partial charge in [-0.15, -0.1) is 12.6 Å². The molecule has 6 heavy (non-hydrogen) atoms. The first-order valence-electron chi connectivity index (χ1n) is 1.61. The molecule has 0 rings (SSSR count). The molecule has 0 aromatic heterocycles. The molecule has 0 unspecified atom stereocenters. The van der Waals surface area contributed by atoms with Crippen molar-refractivity contribution in [3.05, 3.63) is 11.1 Å². The number of hydrogen-bond acceptors (Lipinski definition) is 3. The summed E-state index contributed by atoms with van der Waals surface area (Å²) < 4.78 is 0. The molecule has 0 saturated carbocycles. The molecule has 0 atom stereocenters. The second kappa shape index (κ2) is 3.06. The maximum atomic E-state index is 5.06. The van der Waals surface area contributed by atoms with E-state index in [0.29, 0.717) is 6.54 Å². The predicted octanol–water partition coefficient (Wildman–Crippen LogP) is -0.325. The van der Waals surface area contributed by atoms with Crippen molar-refractivity contribution in [3.63, 3.8) is 0 Å². The topological polar surface area (TPSA) is 52.0 Å². The summed E-state index contributed by atoms with van der Waals surface area (Å²) in [7, 11) is 0. The lowest BCUT2D eigenvalue weighted by molar-refractivity contribution is 1.22. The first-order valence-corrected chi connectivity index (χ1v) is 2.05. The maximum Gasteiger partial charge on any atom is 0.0250 e. The highest BCUT2D eigenvalue weighted by molar-refractivity contribution is 7.84. The molecule has 0 bridgehead atoms. The van der Waals surface area contributed by atoms with Gasteiger partial charge in [0.1, 0.15) is 0 Å². The molecule has 0 aliphatic rings. The van der Waals surface area contributed by atoms with Gasteiger partial charge in [0.2, 0.25) is 0 Å². The highest BCUT2D eigenvalue weighted by Crippen LogP contribution is 1.89. The van der Waals surface area contributed by atoms with Crippen LogP contribution in [0, 0.1) is 0 Å². The molecule has 36 valence electrons. The van der Waals surface area contributed by atoms with Crippen molar-refractivity contribution < 1.29 is 0 Å². The van der Waals surface area contributed by atoms with Gasteiger partial charge in [0, 0.05) is 17.6 Å². The van der Waals surface area contributed by atoms with Crippen molar-refractivity contribution in [2.45, 2.75) is 0 Å². The van der Waals surface area contributed by atoms with E-state index in [9.17, 15) is 0 Å². The molecule has 0 radical (unpaired) electrons. The second-order valence-electron chi connectivity index (χ2n) is 0.862. The second-order valence-corrected chi connectivity index (χ2v) is 1.44. The standard InChI is InChI=1S/C3H8N2S/c4-1-3(6)2-5/h1,6H,2,4-5H2/b3-1-. The van der Waals surface area contributed by atoms with Gasteiger partial charge in [-0.3, -0.25) is 0 Å². The van der Waals surface area contributed by atoms with Crippen molar-refractivity contribution in [2.75, 3.05) is 6.54 Å². The molecule has 0 fully saturated rings. The molecule has 4 N–H and O–H groups in total. The van der Waals surface area contributed by atoms with E-state index < -0.39 is 0 Å². The molecular weight excluding hydrogens is 96.1 g/mol. The van der Waals surface area contributed by atoms with E-state index >= 15 is 0 Å². The Labute approximate surface area is 42.6 Å². The smallest absolute Gasteiger partial charge is 0.0250 e. The van der Waals surface area contributed by atoms with Crippen molar-refractivity contribution in [2.24, 2.45) is 11.5 Å². The molecule has 2 nitrogen and oxygen atoms in total. The van der Waals surface area contributed by atoms with Gasteiger partial charge in [0.05, 0.1) is 0 Å². The summed E-state index contributed by atoms with van der Waals surface area (Å²) in [5, 5.41) is 0. The minimum absolute atomic E-state index is 0.430. The Balaban J connectivity index is 3.22. The maximum absolute atomic E-state index is 5.06. The normalized spacial score (nSPS) is 12.0. The molecule has 0 aliphatic carbocycles. The summed E-state index contributed by atoms with van der Waals surface area (Å²) in [6.45, 7) is 0.430. The van der Waals surface area contributed by atoms with E-state index in [-0.39, 0.29) is 0 Å². The lowest BCUT2D eigenvalue weighted by atomic mass is 10.6. The predicted molar refractivity (Wildman–Crippen MR) is 30.3 cm³/mol. The van der Waals surface area contributed by atoms with E-state index in [1.807, 2.05) is 0 Å². The highest BCUT2D eigenvalue weighted by Gasteiger charge is 1.75. The van der Waals surface area contributed by atoms with Crippen LogP contribution < -0.4 is 11.5 Å². The lowest BCUT2D eigenvalue weighted by Crippen LogP contribution is -1.99. The van der Waals surface area contributed by atoms with Crippen LogP contribution in [0.2, 0.25) is 0 Å². The van der Waals surface area contributed by atoms with Gasteiger partial charge in [-0.25, -0.2) is 0 Å². The van der Waals surface area contributed by atoms with Crippen LogP contribution in [0.25, 0.3) is 0 Å². The van der Waals surface area contributed by atoms with Crippen molar-refractivity contribution >= 4 is 12.6 Å². The van der Waals surface area contributed by atoms with Crippen molar-refractivity contribution in [1.82, 2.24) is 0 Å². The van der Waals surface area contributed by atoms with Gasteiger partial charge in [-0.1, -0.05) is 0 Å². The van der Waals surface area contributed by atoms with Gasteiger partial charge in [-0.2, -0.15) is 0 Å². The molecular formula is C3H8N2S. The van der Waals surface area contributed by atoms with Gasteiger partial charge < -0.3 is 11.5 Å². The van der Waals surface area contributed by atoms with Crippen LogP contribution in [0.1, 0.15) is 0 Å². The minimum atomic E-state index is 0.430. The Bertz CT molecular complexity index is 59.8. The SMILES string of the molecule is N/C=C(\S)CN. The quantitative estimate of drug-likeness (QED) is 0.399. The molecule has 0 heterocycles. The Morgan fingerprint density at radius 1 is 1.83 bits per heavy atom. The van der Waals surface area contributed by atoms with Gasteiger partial charge in [-0.05, 0) is 0 Å². The van der Waals surface area contributed by atoms with Crippen molar-refractivity contribution in [1.29, 1.82) is 0 Å². The van der Waals surface area contributed by atoms with Gasteiger partial charge >= 0.3 is 0 Å². The molecule has 0 saturated heterocycles. The summed E-state index contributed by atoms with van der Waals surface area (Å²) in [6.07, 6.45) is 1.38. The average Bonchev–Trinajstić information content (AvgIpc) is 1.65. The fraction of sp³-hybridized carbons (Fsp3) is 0.333. The highest BCUT2D eigenvalue weighted by atomic mass is 32.1. The largest absolute Gasteiger partial charge is 0.404 e. The third-order valence-electron chi connectivity index (χ3n) is 0.402. The number of nitrogens with two attached hydrogens (primary N) is 2. The fourth-order valence-corrected chi connectivity index (χ4v) is 0.0680. The van der Waals surface area contributed by atoms with Crippen LogP contribution in [-0.2, 0) is 0 Å². The Morgan fingerprint density at radius 3 is 2.33 bits per heavy atom. The molecule has 0 aromatic rings. The van der Waals surface area contributed by atoms with Crippen LogP contribution in [0.5, 0.6) is 0 Å². The zero-order valence-corrected chi connectivity index (χ0v) is 4.28. The first kappa shape index (κ1) is 5.85. The van der Waals surface area contributed by atoms with E-state index in [0.717, 1.165) is 4.91 Å². The zero-order chi connectivity index (χ0) is 4.99. The Hall–Kier alpha value is -0.150. The minimum Gasteiger partial charge on any atom is -0.404 e. The Kier molecular flexibility index (Phi) is 2.98. The molecule has 0 aliphatic heterocycles. The summed E-state index contributed by atoms with van der Waals surface area (Å²) in [4.78, 5) is 0.718. The number of hydrogen-bond donors (Lipinski definition) is 3. The summed E-state index contributed by atoms with van der Waals surface area (Å²) in [5.41, 5.74) is 10.0. The van der Waals surface area contributed by atoms with Crippen LogP contribution in [0.15, 0.2) is 11.1 Å². The molecule has 0 aromatic carbocycles. The van der Waals surface area contributed by atoms with E-state index in [1.54, 1.807) is 0 Å².